The van der Waals surface area contributed by atoms with Gasteiger partial charge in [0.05, 0.1) is 12.8 Å². The zero-order valence-corrected chi connectivity index (χ0v) is 9.54. The van der Waals surface area contributed by atoms with E-state index in [-0.39, 0.29) is 6.04 Å². The Morgan fingerprint density at radius 2 is 1.29 bits per heavy atom. The molecule has 0 saturated heterocycles. The van der Waals surface area contributed by atoms with E-state index in [1.54, 1.807) is 13.8 Å². The van der Waals surface area contributed by atoms with E-state index in [0.717, 1.165) is 0 Å². The summed E-state index contributed by atoms with van der Waals surface area (Å²) in [6.07, 6.45) is -12.8. The van der Waals surface area contributed by atoms with E-state index in [2.05, 4.69) is 5.32 Å². The van der Waals surface area contributed by atoms with Crippen molar-refractivity contribution in [3.05, 3.63) is 0 Å². The van der Waals surface area contributed by atoms with Gasteiger partial charge in [-0.05, 0) is 0 Å². The lowest BCUT2D eigenvalue weighted by Gasteiger charge is -2.32. The van der Waals surface area contributed by atoms with Crippen LogP contribution in [-0.2, 0) is 0 Å². The second-order valence-corrected chi connectivity index (χ2v) is 4.48. The molecule has 0 aromatic rings. The summed E-state index contributed by atoms with van der Waals surface area (Å²) in [4.78, 5) is 0. The average molecular weight is 266 g/mol. The molecule has 0 spiro atoms. The summed E-state index contributed by atoms with van der Waals surface area (Å²) in [6.45, 7) is 2.69. The highest BCUT2D eigenvalue weighted by molar-refractivity contribution is 4.91. The van der Waals surface area contributed by atoms with Gasteiger partial charge in [0.1, 0.15) is 0 Å². The van der Waals surface area contributed by atoms with Crippen LogP contribution in [0.15, 0.2) is 0 Å². The van der Waals surface area contributed by atoms with Crippen molar-refractivity contribution in [1.29, 1.82) is 0 Å². The fourth-order valence-corrected chi connectivity index (χ4v) is 1.39. The van der Waals surface area contributed by atoms with Crippen LogP contribution < -0.4 is 11.1 Å². The van der Waals surface area contributed by atoms with Crippen LogP contribution in [0, 0.1) is 0 Å². The summed E-state index contributed by atoms with van der Waals surface area (Å²) in [7, 11) is 0. The molecule has 2 nitrogen and oxygen atoms in total. The highest BCUT2D eigenvalue weighted by Crippen LogP contribution is 2.34. The normalized spacial score (nSPS) is 14.5. The minimum Gasteiger partial charge on any atom is -0.323 e. The van der Waals surface area contributed by atoms with Gasteiger partial charge in [-0.1, -0.05) is 13.8 Å². The quantitative estimate of drug-likeness (QED) is 0.751. The van der Waals surface area contributed by atoms with Gasteiger partial charge in [-0.15, -0.1) is 0 Å². The minimum atomic E-state index is -4.72. The van der Waals surface area contributed by atoms with Crippen molar-refractivity contribution < 1.29 is 26.3 Å². The summed E-state index contributed by atoms with van der Waals surface area (Å²) < 4.78 is 73.1. The number of nitrogens with one attached hydrogen (secondary N) is 1. The molecule has 0 amide bonds. The highest BCUT2D eigenvalue weighted by atomic mass is 19.4. The Morgan fingerprint density at radius 3 is 1.53 bits per heavy atom. The number of halogens is 6. The molecule has 0 radical (unpaired) electrons. The molecule has 0 aromatic heterocycles. The van der Waals surface area contributed by atoms with Crippen LogP contribution in [0.25, 0.3) is 0 Å². The molecule has 0 aromatic carbocycles. The molecule has 0 rings (SSSR count). The first-order chi connectivity index (χ1) is 7.33. The van der Waals surface area contributed by atoms with Crippen molar-refractivity contribution in [1.82, 2.24) is 5.32 Å². The molecule has 0 atom stereocenters. The number of hydrogen-bond acceptors (Lipinski definition) is 2. The van der Waals surface area contributed by atoms with Crippen LogP contribution >= 0.6 is 0 Å². The highest BCUT2D eigenvalue weighted by Gasteiger charge is 2.46. The van der Waals surface area contributed by atoms with Crippen molar-refractivity contribution in [2.45, 2.75) is 50.6 Å². The van der Waals surface area contributed by atoms with Gasteiger partial charge in [0.15, 0.2) is 0 Å². The van der Waals surface area contributed by atoms with Crippen LogP contribution in [0.5, 0.6) is 0 Å². The van der Waals surface area contributed by atoms with Gasteiger partial charge in [-0.2, -0.15) is 26.3 Å². The number of hydrogen-bond donors (Lipinski definition) is 2. The maximum atomic E-state index is 12.2. The number of alkyl halides is 6. The predicted octanol–water partition coefficient (Wildman–Crippen LogP) is 2.59. The Bertz CT molecular complexity index is 217. The zero-order valence-electron chi connectivity index (χ0n) is 9.54. The van der Waals surface area contributed by atoms with E-state index in [1.165, 1.54) is 0 Å². The summed E-state index contributed by atoms with van der Waals surface area (Å²) in [5, 5.41) is 2.51. The molecule has 3 N–H and O–H groups in total. The van der Waals surface area contributed by atoms with E-state index in [0.29, 0.717) is 0 Å². The summed E-state index contributed by atoms with van der Waals surface area (Å²) in [5.74, 6) is 0. The Kier molecular flexibility index (Phi) is 5.27. The lowest BCUT2D eigenvalue weighted by Crippen LogP contribution is -2.55. The van der Waals surface area contributed by atoms with Crippen molar-refractivity contribution in [2.24, 2.45) is 5.73 Å². The van der Waals surface area contributed by atoms with E-state index >= 15 is 0 Å². The van der Waals surface area contributed by atoms with Crippen LogP contribution in [0.1, 0.15) is 26.7 Å². The van der Waals surface area contributed by atoms with Crippen molar-refractivity contribution in [3.63, 3.8) is 0 Å². The first kappa shape index (κ1) is 16.5. The van der Waals surface area contributed by atoms with E-state index in [1.807, 2.05) is 0 Å². The molecular weight excluding hydrogens is 250 g/mol. The third-order valence-corrected chi connectivity index (χ3v) is 1.97. The molecule has 0 aliphatic rings. The third kappa shape index (κ3) is 9.22. The molecular formula is C9H16F6N2. The van der Waals surface area contributed by atoms with Gasteiger partial charge < -0.3 is 11.1 Å². The molecule has 0 bridgehead atoms. The molecule has 0 fully saturated rings. The predicted molar refractivity (Wildman–Crippen MR) is 51.4 cm³/mol. The zero-order chi connectivity index (χ0) is 13.9. The minimum absolute atomic E-state index is 0.237. The first-order valence-electron chi connectivity index (χ1n) is 4.99. The van der Waals surface area contributed by atoms with Crippen LogP contribution in [-0.4, -0.2) is 30.5 Å². The Balaban J connectivity index is 4.69. The second-order valence-electron chi connectivity index (χ2n) is 4.48. The Morgan fingerprint density at radius 1 is 0.941 bits per heavy atom. The van der Waals surface area contributed by atoms with E-state index < -0.39 is 37.3 Å². The van der Waals surface area contributed by atoms with Crippen molar-refractivity contribution in [2.75, 3.05) is 6.54 Å². The molecule has 0 heterocycles. The van der Waals surface area contributed by atoms with Crippen molar-refractivity contribution in [3.8, 4) is 0 Å². The molecule has 0 unspecified atom stereocenters. The Labute approximate surface area is 95.5 Å². The molecule has 104 valence electrons. The molecule has 0 saturated carbocycles. The first-order valence-corrected chi connectivity index (χ1v) is 4.99. The third-order valence-electron chi connectivity index (χ3n) is 1.97. The molecule has 8 heteroatoms. The fourth-order valence-electron chi connectivity index (χ4n) is 1.39. The van der Waals surface area contributed by atoms with Gasteiger partial charge in [0.2, 0.25) is 0 Å². The summed E-state index contributed by atoms with van der Waals surface area (Å²) in [5.41, 5.74) is 2.86. The van der Waals surface area contributed by atoms with Gasteiger partial charge in [0.25, 0.3) is 0 Å². The van der Waals surface area contributed by atoms with E-state index in [4.69, 9.17) is 5.73 Å². The molecule has 0 aliphatic heterocycles. The average Bonchev–Trinajstić information content (AvgIpc) is 1.93. The maximum Gasteiger partial charge on any atom is 0.390 e. The lowest BCUT2D eigenvalue weighted by molar-refractivity contribution is -0.177. The van der Waals surface area contributed by atoms with Crippen LogP contribution in [0.4, 0.5) is 26.3 Å². The van der Waals surface area contributed by atoms with Crippen LogP contribution in [0.3, 0.4) is 0 Å². The SMILES string of the molecule is CC(C)NCC(N)(CC(F)(F)F)CC(F)(F)F. The largest absolute Gasteiger partial charge is 0.390 e. The van der Waals surface area contributed by atoms with Gasteiger partial charge in [0, 0.05) is 18.1 Å². The fraction of sp³-hybridized carbons (Fsp3) is 1.00. The standard InChI is InChI=1S/C9H16F6N2/c1-6(2)17-5-7(16,3-8(10,11)12)4-9(13,14)15/h6,17H,3-5,16H2,1-2H3. The van der Waals surface area contributed by atoms with Gasteiger partial charge in [-0.3, -0.25) is 0 Å². The van der Waals surface area contributed by atoms with Gasteiger partial charge >= 0.3 is 12.4 Å². The van der Waals surface area contributed by atoms with Crippen LogP contribution in [0.2, 0.25) is 0 Å². The smallest absolute Gasteiger partial charge is 0.323 e. The lowest BCUT2D eigenvalue weighted by atomic mass is 9.91. The van der Waals surface area contributed by atoms with Gasteiger partial charge in [-0.25, -0.2) is 0 Å². The Hall–Kier alpha value is -0.500. The number of rotatable bonds is 5. The second kappa shape index (κ2) is 5.43. The maximum absolute atomic E-state index is 12.2. The number of nitrogens with two attached hydrogens (primary N) is 1. The van der Waals surface area contributed by atoms with Crippen molar-refractivity contribution >= 4 is 0 Å². The molecule has 0 aliphatic carbocycles. The summed E-state index contributed by atoms with van der Waals surface area (Å²) >= 11 is 0. The summed E-state index contributed by atoms with van der Waals surface area (Å²) in [6, 6.07) is -0.237. The topological polar surface area (TPSA) is 38.0 Å². The van der Waals surface area contributed by atoms with E-state index in [9.17, 15) is 26.3 Å². The monoisotopic (exact) mass is 266 g/mol. The molecule has 17 heavy (non-hydrogen) atoms.